The molecule has 0 amide bonds. The van der Waals surface area contributed by atoms with Gasteiger partial charge in [0.15, 0.2) is 0 Å². The van der Waals surface area contributed by atoms with Crippen molar-refractivity contribution in [3.8, 4) is 5.75 Å². The van der Waals surface area contributed by atoms with Gasteiger partial charge in [0.05, 0.1) is 12.3 Å². The average molecular weight is 217 g/mol. The monoisotopic (exact) mass is 217 g/mol. The summed E-state index contributed by atoms with van der Waals surface area (Å²) in [4.78, 5) is 2.49. The summed E-state index contributed by atoms with van der Waals surface area (Å²) in [7, 11) is 0. The van der Waals surface area contributed by atoms with Gasteiger partial charge >= 0.3 is 0 Å². The number of piperidine rings is 1. The van der Waals surface area contributed by atoms with Crippen molar-refractivity contribution in [3.05, 3.63) is 23.8 Å². The molecule has 2 nitrogen and oxygen atoms in total. The third-order valence-electron chi connectivity index (χ3n) is 3.61. The van der Waals surface area contributed by atoms with E-state index in [0.29, 0.717) is 0 Å². The third kappa shape index (κ3) is 1.77. The van der Waals surface area contributed by atoms with Gasteiger partial charge in [0.25, 0.3) is 0 Å². The standard InChI is InChI=1S/C14H19NO/c1-2-9-15(10-3-1)13-8-4-6-12-7-5-11-16-14(12)13/h4,6,8H,1-3,5,7,9-11H2. The van der Waals surface area contributed by atoms with E-state index in [9.17, 15) is 0 Å². The Balaban J connectivity index is 1.93. The quantitative estimate of drug-likeness (QED) is 0.717. The number of anilines is 1. The first-order chi connectivity index (χ1) is 7.95. The van der Waals surface area contributed by atoms with Gasteiger partial charge in [0.1, 0.15) is 5.75 Å². The molecule has 86 valence electrons. The van der Waals surface area contributed by atoms with Crippen LogP contribution in [-0.4, -0.2) is 19.7 Å². The maximum Gasteiger partial charge on any atom is 0.145 e. The summed E-state index contributed by atoms with van der Waals surface area (Å²) in [6.45, 7) is 3.28. The summed E-state index contributed by atoms with van der Waals surface area (Å²) in [5.41, 5.74) is 2.73. The van der Waals surface area contributed by atoms with Crippen LogP contribution in [0.4, 0.5) is 5.69 Å². The summed E-state index contributed by atoms with van der Waals surface area (Å²) >= 11 is 0. The van der Waals surface area contributed by atoms with Crippen LogP contribution in [0.15, 0.2) is 18.2 Å². The molecule has 0 saturated carbocycles. The lowest BCUT2D eigenvalue weighted by molar-refractivity contribution is 0.288. The van der Waals surface area contributed by atoms with Crippen LogP contribution in [0.25, 0.3) is 0 Å². The van der Waals surface area contributed by atoms with Crippen LogP contribution in [0, 0.1) is 0 Å². The molecule has 0 radical (unpaired) electrons. The molecular formula is C14H19NO. The highest BCUT2D eigenvalue weighted by atomic mass is 16.5. The predicted molar refractivity (Wildman–Crippen MR) is 66.3 cm³/mol. The van der Waals surface area contributed by atoms with E-state index in [0.717, 1.165) is 18.8 Å². The molecule has 2 heterocycles. The van der Waals surface area contributed by atoms with E-state index in [2.05, 4.69) is 23.1 Å². The van der Waals surface area contributed by atoms with E-state index in [1.807, 2.05) is 0 Å². The Hall–Kier alpha value is -1.18. The first-order valence-electron chi connectivity index (χ1n) is 6.45. The SMILES string of the molecule is c1cc2c(c(N3CCCCC3)c1)OCCC2. The highest BCUT2D eigenvalue weighted by molar-refractivity contribution is 5.62. The molecule has 2 aliphatic heterocycles. The Labute approximate surface area is 97.2 Å². The van der Waals surface area contributed by atoms with E-state index in [-0.39, 0.29) is 0 Å². The largest absolute Gasteiger partial charge is 0.491 e. The fourth-order valence-corrected chi connectivity index (χ4v) is 2.76. The van der Waals surface area contributed by atoms with Crippen LogP contribution in [0.5, 0.6) is 5.75 Å². The van der Waals surface area contributed by atoms with E-state index >= 15 is 0 Å². The number of benzene rings is 1. The average Bonchev–Trinajstić information content (AvgIpc) is 2.39. The maximum absolute atomic E-state index is 5.87. The first kappa shape index (κ1) is 10.0. The molecule has 16 heavy (non-hydrogen) atoms. The van der Waals surface area contributed by atoms with Crippen molar-refractivity contribution in [1.29, 1.82) is 0 Å². The second kappa shape index (κ2) is 4.36. The van der Waals surface area contributed by atoms with Crippen LogP contribution < -0.4 is 9.64 Å². The van der Waals surface area contributed by atoms with Gasteiger partial charge in [-0.05, 0) is 43.7 Å². The number of nitrogens with zero attached hydrogens (tertiary/aromatic N) is 1. The molecule has 1 aromatic rings. The normalized spacial score (nSPS) is 20.1. The van der Waals surface area contributed by atoms with Crippen molar-refractivity contribution in [2.45, 2.75) is 32.1 Å². The molecule has 2 heteroatoms. The lowest BCUT2D eigenvalue weighted by Crippen LogP contribution is -2.30. The second-order valence-corrected chi connectivity index (χ2v) is 4.77. The summed E-state index contributed by atoms with van der Waals surface area (Å²) in [5, 5.41) is 0. The topological polar surface area (TPSA) is 12.5 Å². The smallest absolute Gasteiger partial charge is 0.145 e. The number of aryl methyl sites for hydroxylation is 1. The fraction of sp³-hybridized carbons (Fsp3) is 0.571. The van der Waals surface area contributed by atoms with Crippen LogP contribution >= 0.6 is 0 Å². The van der Waals surface area contributed by atoms with E-state index in [1.54, 1.807) is 0 Å². The molecule has 0 N–H and O–H groups in total. The molecule has 2 aliphatic rings. The van der Waals surface area contributed by atoms with Gasteiger partial charge in [0.2, 0.25) is 0 Å². The van der Waals surface area contributed by atoms with E-state index in [4.69, 9.17) is 4.74 Å². The highest BCUT2D eigenvalue weighted by Crippen LogP contribution is 2.36. The zero-order valence-electron chi connectivity index (χ0n) is 9.74. The zero-order chi connectivity index (χ0) is 10.8. The van der Waals surface area contributed by atoms with Crippen LogP contribution in [0.3, 0.4) is 0 Å². The van der Waals surface area contributed by atoms with E-state index < -0.39 is 0 Å². The molecule has 1 fully saturated rings. The van der Waals surface area contributed by atoms with Crippen LogP contribution in [0.1, 0.15) is 31.2 Å². The van der Waals surface area contributed by atoms with Gasteiger partial charge in [-0.2, -0.15) is 0 Å². The maximum atomic E-state index is 5.87. The lowest BCUT2D eigenvalue weighted by Gasteiger charge is -2.32. The van der Waals surface area contributed by atoms with Crippen molar-refractivity contribution >= 4 is 5.69 Å². The van der Waals surface area contributed by atoms with Gasteiger partial charge in [-0.1, -0.05) is 12.1 Å². The van der Waals surface area contributed by atoms with Crippen LogP contribution in [0.2, 0.25) is 0 Å². The zero-order valence-corrected chi connectivity index (χ0v) is 9.74. The summed E-state index contributed by atoms with van der Waals surface area (Å²) in [6, 6.07) is 6.61. The lowest BCUT2D eigenvalue weighted by atomic mass is 10.0. The fourth-order valence-electron chi connectivity index (χ4n) is 2.76. The summed E-state index contributed by atoms with van der Waals surface area (Å²) in [6.07, 6.45) is 6.37. The van der Waals surface area contributed by atoms with Crippen molar-refractivity contribution in [2.24, 2.45) is 0 Å². The number of rotatable bonds is 1. The van der Waals surface area contributed by atoms with Crippen molar-refractivity contribution in [2.75, 3.05) is 24.6 Å². The van der Waals surface area contributed by atoms with E-state index in [1.165, 1.54) is 50.0 Å². The van der Waals surface area contributed by atoms with Crippen molar-refractivity contribution in [1.82, 2.24) is 0 Å². The molecule has 0 unspecified atom stereocenters. The Morgan fingerprint density at radius 1 is 1.00 bits per heavy atom. The Bertz CT molecular complexity index is 369. The number of fused-ring (bicyclic) bond motifs is 1. The number of ether oxygens (including phenoxy) is 1. The molecule has 0 atom stereocenters. The van der Waals surface area contributed by atoms with Crippen molar-refractivity contribution in [3.63, 3.8) is 0 Å². The molecule has 3 rings (SSSR count). The predicted octanol–water partition coefficient (Wildman–Crippen LogP) is 3.00. The van der Waals surface area contributed by atoms with Gasteiger partial charge in [0, 0.05) is 13.1 Å². The van der Waals surface area contributed by atoms with Gasteiger partial charge in [-0.25, -0.2) is 0 Å². The molecule has 0 spiro atoms. The van der Waals surface area contributed by atoms with Crippen LogP contribution in [-0.2, 0) is 6.42 Å². The number of hydrogen-bond donors (Lipinski definition) is 0. The number of para-hydroxylation sites is 1. The van der Waals surface area contributed by atoms with Gasteiger partial charge in [-0.15, -0.1) is 0 Å². The molecule has 0 aliphatic carbocycles. The molecular weight excluding hydrogens is 198 g/mol. The Morgan fingerprint density at radius 2 is 1.88 bits per heavy atom. The number of hydrogen-bond acceptors (Lipinski definition) is 2. The molecule has 0 aromatic heterocycles. The van der Waals surface area contributed by atoms with Crippen molar-refractivity contribution < 1.29 is 4.74 Å². The summed E-state index contributed by atoms with van der Waals surface area (Å²) in [5.74, 6) is 1.16. The van der Waals surface area contributed by atoms with Gasteiger partial charge < -0.3 is 9.64 Å². The summed E-state index contributed by atoms with van der Waals surface area (Å²) < 4.78 is 5.87. The molecule has 1 saturated heterocycles. The van der Waals surface area contributed by atoms with Gasteiger partial charge in [-0.3, -0.25) is 0 Å². The Kier molecular flexibility index (Phi) is 2.73. The minimum atomic E-state index is 0.887. The molecule has 0 bridgehead atoms. The first-order valence-corrected chi connectivity index (χ1v) is 6.45. The second-order valence-electron chi connectivity index (χ2n) is 4.77. The molecule has 1 aromatic carbocycles. The minimum absolute atomic E-state index is 0.887. The third-order valence-corrected chi connectivity index (χ3v) is 3.61. The highest BCUT2D eigenvalue weighted by Gasteiger charge is 2.19. The Morgan fingerprint density at radius 3 is 2.75 bits per heavy atom. The minimum Gasteiger partial charge on any atom is -0.491 e.